The van der Waals surface area contributed by atoms with Crippen LogP contribution in [0.3, 0.4) is 0 Å². The van der Waals surface area contributed by atoms with Gasteiger partial charge in [-0.3, -0.25) is 19.2 Å². The minimum Gasteiger partial charge on any atom is -0.460 e. The highest BCUT2D eigenvalue weighted by atomic mass is 16.6. The van der Waals surface area contributed by atoms with Gasteiger partial charge in [0.05, 0.1) is 6.10 Å². The van der Waals surface area contributed by atoms with Crippen molar-refractivity contribution in [1.29, 1.82) is 0 Å². The van der Waals surface area contributed by atoms with Gasteiger partial charge in [-0.15, -0.1) is 0 Å². The van der Waals surface area contributed by atoms with Gasteiger partial charge >= 0.3 is 17.9 Å². The molecule has 0 fully saturated rings. The van der Waals surface area contributed by atoms with Crippen LogP contribution in [0.2, 0.25) is 0 Å². The molecule has 15 heteroatoms. The highest BCUT2D eigenvalue weighted by molar-refractivity contribution is 5.88. The number of ether oxygens (including phenoxy) is 3. The molecule has 0 aromatic heterocycles. The summed E-state index contributed by atoms with van der Waals surface area (Å²) in [6.45, 7) is 9.15. The molecule has 2 rings (SSSR count). The molecule has 0 saturated heterocycles. The van der Waals surface area contributed by atoms with E-state index in [2.05, 4.69) is 21.3 Å². The fourth-order valence-electron chi connectivity index (χ4n) is 5.69. The van der Waals surface area contributed by atoms with Crippen molar-refractivity contribution in [3.8, 4) is 0 Å². The summed E-state index contributed by atoms with van der Waals surface area (Å²) in [5, 5.41) is 21.1. The van der Waals surface area contributed by atoms with E-state index in [0.717, 1.165) is 18.4 Å². The van der Waals surface area contributed by atoms with E-state index in [4.69, 9.17) is 14.2 Å². The Morgan fingerprint density at radius 3 is 2.19 bits per heavy atom. The number of nitrogens with one attached hydrogen (secondary N) is 4. The van der Waals surface area contributed by atoms with Crippen LogP contribution in [0.25, 0.3) is 0 Å². The van der Waals surface area contributed by atoms with Crippen LogP contribution in [0.15, 0.2) is 42.5 Å². The Morgan fingerprint density at radius 2 is 1.56 bits per heavy atom. The lowest BCUT2D eigenvalue weighted by atomic mass is 9.97. The molecule has 15 nitrogen and oxygen atoms in total. The average molecular weight is 759 g/mol. The fourth-order valence-corrected chi connectivity index (χ4v) is 5.69. The van der Waals surface area contributed by atoms with E-state index in [1.807, 2.05) is 30.3 Å². The smallest absolute Gasteiger partial charge is 0.332 e. The van der Waals surface area contributed by atoms with E-state index >= 15 is 0 Å². The van der Waals surface area contributed by atoms with Crippen LogP contribution in [0, 0.1) is 11.8 Å². The molecule has 0 bridgehead atoms. The Kier molecular flexibility index (Phi) is 20.0. The maximum atomic E-state index is 13.6. The molecule has 6 atom stereocenters. The van der Waals surface area contributed by atoms with Crippen molar-refractivity contribution >= 4 is 41.5 Å². The number of hydrogen-bond donors (Lipinski definition) is 5. The van der Waals surface area contributed by atoms with Gasteiger partial charge < -0.3 is 40.6 Å². The zero-order valence-electron chi connectivity index (χ0n) is 32.3. The summed E-state index contributed by atoms with van der Waals surface area (Å²) in [7, 11) is 0. The number of aliphatic hydroxyl groups is 1. The molecule has 54 heavy (non-hydrogen) atoms. The first-order valence-corrected chi connectivity index (χ1v) is 18.7. The molecule has 1 aliphatic rings. The van der Waals surface area contributed by atoms with Crippen LogP contribution >= 0.6 is 0 Å². The molecule has 1 unspecified atom stereocenters. The summed E-state index contributed by atoms with van der Waals surface area (Å²) in [5.41, 5.74) is 0.780. The minimum absolute atomic E-state index is 0.0647. The van der Waals surface area contributed by atoms with E-state index in [-0.39, 0.29) is 25.9 Å². The van der Waals surface area contributed by atoms with Crippen molar-refractivity contribution in [3.05, 3.63) is 48.0 Å². The molecular weight excluding hydrogens is 700 g/mol. The number of rotatable bonds is 10. The van der Waals surface area contributed by atoms with Crippen molar-refractivity contribution in [2.75, 3.05) is 13.2 Å². The van der Waals surface area contributed by atoms with Gasteiger partial charge in [-0.2, -0.15) is 0 Å². The fraction of sp³-hybridized carbons (Fsp3) is 0.615. The Morgan fingerprint density at radius 1 is 0.889 bits per heavy atom. The van der Waals surface area contributed by atoms with E-state index < -0.39 is 89.8 Å². The second-order valence-corrected chi connectivity index (χ2v) is 14.1. The van der Waals surface area contributed by atoms with Crippen LogP contribution in [0.4, 0.5) is 0 Å². The van der Waals surface area contributed by atoms with Crippen LogP contribution < -0.4 is 21.3 Å². The summed E-state index contributed by atoms with van der Waals surface area (Å²) < 4.78 is 16.9. The van der Waals surface area contributed by atoms with Gasteiger partial charge in [0.25, 0.3) is 5.91 Å². The van der Waals surface area contributed by atoms with Crippen LogP contribution in [0.5, 0.6) is 0 Å². The quantitative estimate of drug-likeness (QED) is 0.132. The summed E-state index contributed by atoms with van der Waals surface area (Å²) in [5.74, 6) is -5.67. The van der Waals surface area contributed by atoms with E-state index in [1.54, 1.807) is 27.7 Å². The van der Waals surface area contributed by atoms with Crippen LogP contribution in [-0.4, -0.2) is 96.2 Å². The standard InChI is InChI=1S/C39H58N4O11/c1-24(2)34(47)32(42-27(6)45)39(51)54-35(25(3)4)33-38(50)52-22-16-14-19-29(41-26(5)44)37(49)53-30(23-28-17-11-10-12-18-28)36(48)40-21-15-9-7-8-13-20-31(46)43-33/h10-12,14,16-18,24-25,29-30,32-35,47H,7-9,13,15,19-23H2,1-6H3,(H,40,48)(H,41,44)(H,42,45)(H,43,46)/b16-14+/t29?,30-,32+,33+,34-,35-/m1/s1. The summed E-state index contributed by atoms with van der Waals surface area (Å²) in [6, 6.07) is 5.07. The highest BCUT2D eigenvalue weighted by Crippen LogP contribution is 2.18. The molecule has 1 aromatic carbocycles. The molecule has 4 amide bonds. The minimum atomic E-state index is -1.44. The number of benzene rings is 1. The SMILES string of the molecule is CC(=O)NC1C/C=C/COC(=O)[C@H]([C@H](OC(=O)[C@@H](NC(C)=O)[C@H](O)C(C)C)C(C)C)NC(=O)CCCCCCCNC(=O)[C@@H](Cc2ccccc2)OC1=O. The number of aliphatic hydroxyl groups excluding tert-OH is 1. The maximum Gasteiger partial charge on any atom is 0.332 e. The maximum absolute atomic E-state index is 13.6. The second-order valence-electron chi connectivity index (χ2n) is 14.1. The molecule has 0 spiro atoms. The Labute approximate surface area is 317 Å². The molecule has 1 aliphatic heterocycles. The zero-order chi connectivity index (χ0) is 40.2. The average Bonchev–Trinajstić information content (AvgIpc) is 3.11. The van der Waals surface area contributed by atoms with Crippen molar-refractivity contribution < 1.29 is 52.9 Å². The van der Waals surface area contributed by atoms with Gasteiger partial charge in [-0.05, 0) is 36.7 Å². The first-order chi connectivity index (χ1) is 25.6. The molecule has 300 valence electrons. The van der Waals surface area contributed by atoms with Gasteiger partial charge in [0, 0.05) is 33.2 Å². The molecular formula is C39H58N4O11. The van der Waals surface area contributed by atoms with Gasteiger partial charge in [-0.1, -0.05) is 89.4 Å². The molecule has 0 aliphatic carbocycles. The monoisotopic (exact) mass is 758 g/mol. The Hall–Kier alpha value is -4.79. The molecule has 1 aromatic rings. The van der Waals surface area contributed by atoms with Crippen molar-refractivity contribution in [2.45, 2.75) is 129 Å². The van der Waals surface area contributed by atoms with Crippen LogP contribution in [0.1, 0.15) is 92.1 Å². The lowest BCUT2D eigenvalue weighted by Gasteiger charge is -2.32. The summed E-state index contributed by atoms with van der Waals surface area (Å²) in [6.07, 6.45) is 2.72. The lowest BCUT2D eigenvalue weighted by molar-refractivity contribution is -0.167. The number of cyclic esters (lactones) is 2. The molecule has 0 saturated carbocycles. The normalized spacial score (nSPS) is 22.4. The number of carbonyl (C=O) groups is 7. The lowest BCUT2D eigenvalue weighted by Crippen LogP contribution is -2.56. The number of esters is 3. The Bertz CT molecular complexity index is 1430. The van der Waals surface area contributed by atoms with Crippen LogP contribution in [-0.2, 0) is 54.2 Å². The molecule has 1 heterocycles. The van der Waals surface area contributed by atoms with Crippen molar-refractivity contribution in [2.24, 2.45) is 11.8 Å². The summed E-state index contributed by atoms with van der Waals surface area (Å²) >= 11 is 0. The topological polar surface area (TPSA) is 216 Å². The molecule has 0 radical (unpaired) electrons. The number of carbonyl (C=O) groups excluding carboxylic acids is 7. The van der Waals surface area contributed by atoms with E-state index in [9.17, 15) is 38.7 Å². The third kappa shape index (κ3) is 16.5. The second kappa shape index (κ2) is 23.8. The van der Waals surface area contributed by atoms with Gasteiger partial charge in [0.15, 0.2) is 18.2 Å². The molecule has 5 N–H and O–H groups in total. The zero-order valence-corrected chi connectivity index (χ0v) is 32.3. The predicted molar refractivity (Wildman–Crippen MR) is 198 cm³/mol. The summed E-state index contributed by atoms with van der Waals surface area (Å²) in [4.78, 5) is 90.4. The van der Waals surface area contributed by atoms with E-state index in [1.165, 1.54) is 26.0 Å². The number of amides is 4. The third-order valence-electron chi connectivity index (χ3n) is 8.66. The highest BCUT2D eigenvalue weighted by Gasteiger charge is 2.40. The number of hydrogen-bond acceptors (Lipinski definition) is 11. The first kappa shape index (κ1) is 45.4. The first-order valence-electron chi connectivity index (χ1n) is 18.7. The largest absolute Gasteiger partial charge is 0.460 e. The third-order valence-corrected chi connectivity index (χ3v) is 8.66. The van der Waals surface area contributed by atoms with Crippen molar-refractivity contribution in [1.82, 2.24) is 21.3 Å². The van der Waals surface area contributed by atoms with Gasteiger partial charge in [-0.25, -0.2) is 14.4 Å². The van der Waals surface area contributed by atoms with E-state index in [0.29, 0.717) is 25.8 Å². The van der Waals surface area contributed by atoms with Gasteiger partial charge in [0.1, 0.15) is 18.8 Å². The van der Waals surface area contributed by atoms with Crippen molar-refractivity contribution in [3.63, 3.8) is 0 Å². The predicted octanol–water partition coefficient (Wildman–Crippen LogP) is 2.18. The Balaban J connectivity index is 2.34. The van der Waals surface area contributed by atoms with Gasteiger partial charge in [0.2, 0.25) is 17.7 Å².